The lowest BCUT2D eigenvalue weighted by Crippen LogP contribution is -2.39. The van der Waals surface area contributed by atoms with Crippen molar-refractivity contribution in [3.8, 4) is 5.75 Å². The molecule has 0 bridgehead atoms. The Morgan fingerprint density at radius 1 is 1.16 bits per heavy atom. The summed E-state index contributed by atoms with van der Waals surface area (Å²) in [5.74, 6) is -0.449. The fraction of sp³-hybridized carbons (Fsp3) is 0.300. The third kappa shape index (κ3) is 3.65. The standard InChI is InChI=1S/C20H21NO4/c1-13-16(7-4-8-17(13)19(23)24)18(22)21-20(9-10-20)12-14-5-3-6-15(11-14)25-2/h3-8,11H,9-10,12H2,1-2H3,(H,21,22)(H,23,24). The van der Waals surface area contributed by atoms with Crippen molar-refractivity contribution in [1.82, 2.24) is 5.32 Å². The molecular formula is C20H21NO4. The lowest BCUT2D eigenvalue weighted by Gasteiger charge is -2.19. The summed E-state index contributed by atoms with van der Waals surface area (Å²) in [6.07, 6.45) is 2.55. The Kier molecular flexibility index (Phi) is 4.49. The van der Waals surface area contributed by atoms with Gasteiger partial charge in [-0.2, -0.15) is 0 Å². The molecule has 0 aliphatic heterocycles. The van der Waals surface area contributed by atoms with Crippen LogP contribution in [0.15, 0.2) is 42.5 Å². The van der Waals surface area contributed by atoms with Gasteiger partial charge in [-0.15, -0.1) is 0 Å². The van der Waals surface area contributed by atoms with Crippen LogP contribution in [0.5, 0.6) is 5.75 Å². The largest absolute Gasteiger partial charge is 0.497 e. The third-order valence-electron chi connectivity index (χ3n) is 4.72. The van der Waals surface area contributed by atoms with Gasteiger partial charge in [-0.25, -0.2) is 4.79 Å². The van der Waals surface area contributed by atoms with Crippen LogP contribution in [0.2, 0.25) is 0 Å². The Hall–Kier alpha value is -2.82. The van der Waals surface area contributed by atoms with Crippen molar-refractivity contribution in [2.24, 2.45) is 0 Å². The van der Waals surface area contributed by atoms with Gasteiger partial charge < -0.3 is 15.2 Å². The van der Waals surface area contributed by atoms with E-state index in [9.17, 15) is 14.7 Å². The number of carboxylic acid groups (broad SMARTS) is 1. The monoisotopic (exact) mass is 339 g/mol. The van der Waals surface area contributed by atoms with E-state index in [0.29, 0.717) is 11.1 Å². The summed E-state index contributed by atoms with van der Waals surface area (Å²) >= 11 is 0. The molecule has 1 fully saturated rings. The van der Waals surface area contributed by atoms with Gasteiger partial charge in [0.2, 0.25) is 0 Å². The molecule has 25 heavy (non-hydrogen) atoms. The summed E-state index contributed by atoms with van der Waals surface area (Å²) in [5, 5.41) is 12.3. The highest BCUT2D eigenvalue weighted by Crippen LogP contribution is 2.39. The fourth-order valence-corrected chi connectivity index (χ4v) is 3.09. The van der Waals surface area contributed by atoms with Crippen molar-refractivity contribution in [3.63, 3.8) is 0 Å². The Morgan fingerprint density at radius 2 is 1.84 bits per heavy atom. The van der Waals surface area contributed by atoms with Crippen molar-refractivity contribution in [3.05, 3.63) is 64.7 Å². The first-order valence-corrected chi connectivity index (χ1v) is 8.22. The molecule has 1 aliphatic rings. The predicted octanol–water partition coefficient (Wildman–Crippen LogP) is 3.21. The molecule has 2 aromatic rings. The van der Waals surface area contributed by atoms with Gasteiger partial charge in [-0.05, 0) is 61.6 Å². The number of ether oxygens (including phenoxy) is 1. The first-order chi connectivity index (χ1) is 11.9. The average molecular weight is 339 g/mol. The molecule has 1 amide bonds. The van der Waals surface area contributed by atoms with E-state index in [1.807, 2.05) is 24.3 Å². The number of hydrogen-bond donors (Lipinski definition) is 2. The summed E-state index contributed by atoms with van der Waals surface area (Å²) < 4.78 is 5.25. The van der Waals surface area contributed by atoms with Crippen LogP contribution in [0.25, 0.3) is 0 Å². The molecule has 2 aromatic carbocycles. The molecule has 1 aliphatic carbocycles. The Morgan fingerprint density at radius 3 is 2.48 bits per heavy atom. The second-order valence-electron chi connectivity index (χ2n) is 6.55. The summed E-state index contributed by atoms with van der Waals surface area (Å²) in [7, 11) is 1.63. The minimum absolute atomic E-state index is 0.158. The first kappa shape index (κ1) is 17.0. The smallest absolute Gasteiger partial charge is 0.335 e. The third-order valence-corrected chi connectivity index (χ3v) is 4.72. The molecule has 0 spiro atoms. The molecule has 3 rings (SSSR count). The molecule has 0 radical (unpaired) electrons. The highest BCUT2D eigenvalue weighted by Gasteiger charge is 2.44. The van der Waals surface area contributed by atoms with Crippen molar-refractivity contribution in [2.45, 2.75) is 31.7 Å². The van der Waals surface area contributed by atoms with Gasteiger partial charge in [-0.3, -0.25) is 4.79 Å². The molecule has 5 heteroatoms. The normalized spacial score (nSPS) is 14.6. The van der Waals surface area contributed by atoms with E-state index in [2.05, 4.69) is 5.32 Å². The number of methoxy groups -OCH3 is 1. The summed E-state index contributed by atoms with van der Waals surface area (Å²) in [4.78, 5) is 23.9. The zero-order chi connectivity index (χ0) is 18.0. The average Bonchev–Trinajstić information content (AvgIpc) is 3.33. The van der Waals surface area contributed by atoms with E-state index in [0.717, 1.165) is 30.6 Å². The van der Waals surface area contributed by atoms with Crippen molar-refractivity contribution in [1.29, 1.82) is 0 Å². The zero-order valence-electron chi connectivity index (χ0n) is 14.3. The molecule has 5 nitrogen and oxygen atoms in total. The minimum atomic E-state index is -1.02. The summed E-state index contributed by atoms with van der Waals surface area (Å²) in [6, 6.07) is 12.6. The molecule has 130 valence electrons. The molecule has 0 atom stereocenters. The van der Waals surface area contributed by atoms with Gasteiger partial charge in [0.15, 0.2) is 0 Å². The van der Waals surface area contributed by atoms with Crippen molar-refractivity contribution in [2.75, 3.05) is 7.11 Å². The van der Waals surface area contributed by atoms with E-state index in [-0.39, 0.29) is 17.0 Å². The SMILES string of the molecule is COc1cccc(CC2(NC(=O)c3cccc(C(=O)O)c3C)CC2)c1. The van der Waals surface area contributed by atoms with Gasteiger partial charge in [0.25, 0.3) is 5.91 Å². The number of benzene rings is 2. The molecule has 0 saturated heterocycles. The number of carboxylic acids is 1. The van der Waals surface area contributed by atoms with E-state index in [4.69, 9.17) is 4.74 Å². The van der Waals surface area contributed by atoms with Crippen LogP contribution in [0, 0.1) is 6.92 Å². The number of carbonyl (C=O) groups is 2. The van der Waals surface area contributed by atoms with Gasteiger partial charge in [0, 0.05) is 11.1 Å². The maximum Gasteiger partial charge on any atom is 0.335 e. The second-order valence-corrected chi connectivity index (χ2v) is 6.55. The second kappa shape index (κ2) is 6.59. The summed E-state index contributed by atoms with van der Waals surface area (Å²) in [6.45, 7) is 1.67. The zero-order valence-corrected chi connectivity index (χ0v) is 14.3. The lowest BCUT2D eigenvalue weighted by molar-refractivity contribution is 0.0696. The number of carbonyl (C=O) groups excluding carboxylic acids is 1. The Balaban J connectivity index is 1.76. The van der Waals surface area contributed by atoms with E-state index in [1.54, 1.807) is 26.2 Å². The van der Waals surface area contributed by atoms with Crippen LogP contribution >= 0.6 is 0 Å². The number of aromatic carboxylic acids is 1. The highest BCUT2D eigenvalue weighted by atomic mass is 16.5. The van der Waals surface area contributed by atoms with E-state index in [1.165, 1.54) is 6.07 Å². The molecule has 0 unspecified atom stereocenters. The van der Waals surface area contributed by atoms with Crippen molar-refractivity contribution >= 4 is 11.9 Å². The number of nitrogens with one attached hydrogen (secondary N) is 1. The predicted molar refractivity (Wildman–Crippen MR) is 94.3 cm³/mol. The Bertz CT molecular complexity index is 824. The van der Waals surface area contributed by atoms with Crippen molar-refractivity contribution < 1.29 is 19.4 Å². The van der Waals surface area contributed by atoms with E-state index >= 15 is 0 Å². The maximum absolute atomic E-state index is 12.7. The van der Waals surface area contributed by atoms with Crippen LogP contribution in [-0.4, -0.2) is 29.6 Å². The molecule has 0 aromatic heterocycles. The lowest BCUT2D eigenvalue weighted by atomic mass is 10.00. The Labute approximate surface area is 146 Å². The van der Waals surface area contributed by atoms with Crippen LogP contribution in [0.1, 0.15) is 44.7 Å². The van der Waals surface area contributed by atoms with Crippen LogP contribution in [-0.2, 0) is 6.42 Å². The fourth-order valence-electron chi connectivity index (χ4n) is 3.09. The van der Waals surface area contributed by atoms with Gasteiger partial charge in [0.1, 0.15) is 5.75 Å². The number of rotatable bonds is 6. The first-order valence-electron chi connectivity index (χ1n) is 8.22. The number of hydrogen-bond acceptors (Lipinski definition) is 3. The van der Waals surface area contributed by atoms with Gasteiger partial charge in [0.05, 0.1) is 12.7 Å². The minimum Gasteiger partial charge on any atom is -0.497 e. The molecule has 2 N–H and O–H groups in total. The van der Waals surface area contributed by atoms with Crippen LogP contribution < -0.4 is 10.1 Å². The van der Waals surface area contributed by atoms with Crippen LogP contribution in [0.3, 0.4) is 0 Å². The van der Waals surface area contributed by atoms with Gasteiger partial charge >= 0.3 is 5.97 Å². The molecule has 1 saturated carbocycles. The number of amides is 1. The van der Waals surface area contributed by atoms with Crippen LogP contribution in [0.4, 0.5) is 0 Å². The summed E-state index contributed by atoms with van der Waals surface area (Å²) in [5.41, 5.74) is 1.91. The molecular weight excluding hydrogens is 318 g/mol. The maximum atomic E-state index is 12.7. The highest BCUT2D eigenvalue weighted by molar-refractivity contribution is 6.00. The van der Waals surface area contributed by atoms with Gasteiger partial charge in [-0.1, -0.05) is 18.2 Å². The quantitative estimate of drug-likeness (QED) is 0.847. The molecule has 0 heterocycles. The topological polar surface area (TPSA) is 75.6 Å². The van der Waals surface area contributed by atoms with E-state index < -0.39 is 5.97 Å².